The van der Waals surface area contributed by atoms with Crippen LogP contribution in [0, 0.1) is 23.0 Å². The molecule has 2 fully saturated rings. The number of ether oxygens (including phenoxy) is 2. The predicted molar refractivity (Wildman–Crippen MR) is 175 cm³/mol. The fourth-order valence-corrected chi connectivity index (χ4v) is 7.83. The summed E-state index contributed by atoms with van der Waals surface area (Å²) in [5.41, 5.74) is -2.96. The largest absolute Gasteiger partial charge is 0.506 e. The fourth-order valence-electron chi connectivity index (χ4n) is 6.49. The number of carbonyl (C=O) groups excluding carboxylic acids is 1. The SMILES string of the molecule is CC(C)(C)OC(=O)Nc1sc2c(F)ccc(-c3c(Cl)c(O)c4c(NCC(F)F)nc(OC[C@@]56CCCN5CC(F)C6)nc4c3F)c2c1C#N. The van der Waals surface area contributed by atoms with Crippen molar-refractivity contribution in [1.29, 1.82) is 5.26 Å². The van der Waals surface area contributed by atoms with Gasteiger partial charge in [-0.05, 0) is 51.8 Å². The van der Waals surface area contributed by atoms with Gasteiger partial charge in [0.05, 0.1) is 32.8 Å². The molecule has 6 rings (SSSR count). The number of nitrogens with zero attached hydrogens (tertiary/aromatic N) is 4. The first kappa shape index (κ1) is 34.7. The third kappa shape index (κ3) is 6.47. The van der Waals surface area contributed by atoms with Gasteiger partial charge in [0, 0.05) is 23.9 Å². The van der Waals surface area contributed by atoms with Gasteiger partial charge < -0.3 is 19.9 Å². The lowest BCUT2D eigenvalue weighted by Crippen LogP contribution is -2.43. The Balaban J connectivity index is 1.50. The van der Waals surface area contributed by atoms with Crippen LogP contribution in [0.25, 0.3) is 32.1 Å². The van der Waals surface area contributed by atoms with E-state index in [0.717, 1.165) is 18.6 Å². The van der Waals surface area contributed by atoms with Crippen LogP contribution in [0.5, 0.6) is 11.8 Å². The minimum atomic E-state index is -2.86. The molecule has 3 N–H and O–H groups in total. The normalized spacial score (nSPS) is 19.4. The molecule has 2 aromatic carbocycles. The Kier molecular flexibility index (Phi) is 9.14. The number of benzene rings is 2. The average molecular weight is 725 g/mol. The number of phenolic OH excluding ortho intramolecular Hbond substituents is 1. The zero-order valence-electron chi connectivity index (χ0n) is 26.4. The monoisotopic (exact) mass is 724 g/mol. The van der Waals surface area contributed by atoms with Gasteiger partial charge in [0.15, 0.2) is 5.82 Å². The second-order valence-electron chi connectivity index (χ2n) is 12.9. The molecular weight excluding hydrogens is 695 g/mol. The zero-order chi connectivity index (χ0) is 35.4. The molecule has 260 valence electrons. The highest BCUT2D eigenvalue weighted by Crippen LogP contribution is 2.50. The third-order valence-electron chi connectivity index (χ3n) is 8.42. The fraction of sp³-hybridized carbons (Fsp3) is 0.438. The number of phenols is 1. The number of aromatic hydroxyl groups is 1. The van der Waals surface area contributed by atoms with Crippen LogP contribution >= 0.6 is 22.9 Å². The molecule has 1 unspecified atom stereocenters. The highest BCUT2D eigenvalue weighted by Gasteiger charge is 2.49. The minimum absolute atomic E-state index is 0.0618. The summed E-state index contributed by atoms with van der Waals surface area (Å²) >= 11 is 7.25. The summed E-state index contributed by atoms with van der Waals surface area (Å²) < 4.78 is 83.9. The number of hydrogen-bond donors (Lipinski definition) is 3. The van der Waals surface area contributed by atoms with Crippen molar-refractivity contribution >= 4 is 60.8 Å². The van der Waals surface area contributed by atoms with Crippen molar-refractivity contribution in [2.45, 2.75) is 63.8 Å². The summed E-state index contributed by atoms with van der Waals surface area (Å²) in [7, 11) is 0. The third-order valence-corrected chi connectivity index (χ3v) is 9.90. The summed E-state index contributed by atoms with van der Waals surface area (Å²) in [6.45, 7) is 4.80. The quantitative estimate of drug-likeness (QED) is 0.155. The second-order valence-corrected chi connectivity index (χ2v) is 14.3. The van der Waals surface area contributed by atoms with E-state index in [1.165, 1.54) is 0 Å². The van der Waals surface area contributed by atoms with Crippen LogP contribution in [0.4, 0.5) is 37.6 Å². The average Bonchev–Trinajstić information content (AvgIpc) is 3.67. The van der Waals surface area contributed by atoms with Crippen LogP contribution in [0.1, 0.15) is 45.6 Å². The number of fused-ring (bicyclic) bond motifs is 3. The highest BCUT2D eigenvalue weighted by atomic mass is 35.5. The van der Waals surface area contributed by atoms with Gasteiger partial charge in [-0.15, -0.1) is 11.3 Å². The lowest BCUT2D eigenvalue weighted by atomic mass is 9.95. The van der Waals surface area contributed by atoms with Gasteiger partial charge in [-0.1, -0.05) is 17.7 Å². The summed E-state index contributed by atoms with van der Waals surface area (Å²) in [4.78, 5) is 22.8. The number of thiophene rings is 1. The molecule has 0 aliphatic carbocycles. The molecule has 4 aromatic rings. The Morgan fingerprint density at radius 2 is 2.04 bits per heavy atom. The van der Waals surface area contributed by atoms with Crippen molar-refractivity contribution in [1.82, 2.24) is 14.9 Å². The smallest absolute Gasteiger partial charge is 0.412 e. The maximum Gasteiger partial charge on any atom is 0.412 e. The number of aromatic nitrogens is 2. The van der Waals surface area contributed by atoms with Gasteiger partial charge in [0.1, 0.15) is 52.4 Å². The van der Waals surface area contributed by atoms with E-state index in [0.29, 0.717) is 24.3 Å². The van der Waals surface area contributed by atoms with Crippen LogP contribution in [0.15, 0.2) is 12.1 Å². The van der Waals surface area contributed by atoms with Crippen molar-refractivity contribution in [3.63, 3.8) is 0 Å². The van der Waals surface area contributed by atoms with Crippen LogP contribution in [0.2, 0.25) is 5.02 Å². The molecule has 17 heteroatoms. The lowest BCUT2D eigenvalue weighted by Gasteiger charge is -2.30. The summed E-state index contributed by atoms with van der Waals surface area (Å²) in [6, 6.07) is 3.63. The molecule has 2 aliphatic rings. The summed E-state index contributed by atoms with van der Waals surface area (Å²) in [5.74, 6) is -3.15. The first-order valence-electron chi connectivity index (χ1n) is 15.2. The molecule has 0 radical (unpaired) electrons. The van der Waals surface area contributed by atoms with E-state index in [1.807, 2.05) is 11.0 Å². The van der Waals surface area contributed by atoms with Gasteiger partial charge in [-0.3, -0.25) is 10.2 Å². The molecule has 2 aromatic heterocycles. The van der Waals surface area contributed by atoms with Crippen LogP contribution in [0.3, 0.4) is 0 Å². The molecule has 1 amide bonds. The maximum absolute atomic E-state index is 16.8. The summed E-state index contributed by atoms with van der Waals surface area (Å²) in [6.07, 6.45) is -3.18. The van der Waals surface area contributed by atoms with E-state index in [-0.39, 0.29) is 45.8 Å². The van der Waals surface area contributed by atoms with Gasteiger partial charge in [-0.2, -0.15) is 15.2 Å². The molecule has 0 bridgehead atoms. The number of amides is 1. The van der Waals surface area contributed by atoms with Crippen LogP contribution in [-0.4, -0.2) is 76.0 Å². The van der Waals surface area contributed by atoms with Crippen molar-refractivity contribution in [3.05, 3.63) is 34.4 Å². The Labute approximate surface area is 285 Å². The molecule has 2 saturated heterocycles. The Morgan fingerprint density at radius 3 is 2.73 bits per heavy atom. The molecule has 0 spiro atoms. The highest BCUT2D eigenvalue weighted by molar-refractivity contribution is 7.23. The molecule has 49 heavy (non-hydrogen) atoms. The topological polar surface area (TPSA) is 133 Å². The number of alkyl halides is 3. The van der Waals surface area contributed by atoms with E-state index in [4.69, 9.17) is 21.1 Å². The van der Waals surface area contributed by atoms with Crippen molar-refractivity contribution in [3.8, 4) is 29.0 Å². The van der Waals surface area contributed by atoms with Crippen molar-refractivity contribution < 1.29 is 41.3 Å². The van der Waals surface area contributed by atoms with Crippen molar-refractivity contribution in [2.24, 2.45) is 0 Å². The zero-order valence-corrected chi connectivity index (χ0v) is 28.0. The molecule has 10 nitrogen and oxygen atoms in total. The number of rotatable bonds is 8. The standard InChI is InChI=1S/C32H30ClF5N6O4S/c1-31(2,3)48-30(46)43-28-16(10-39)19-15(5-6-17(35)26(19)49-28)20-22(33)25(45)21-24(23(20)38)41-29(42-27(21)40-11-18(36)37)47-13-32-7-4-8-44(32)12-14(34)9-32/h5-6,14,18,45H,4,7-9,11-13H2,1-3H3,(H,43,46)(H,40,41,42)/t14?,32-/m0/s1. The second kappa shape index (κ2) is 12.9. The minimum Gasteiger partial charge on any atom is -0.506 e. The van der Waals surface area contributed by atoms with Gasteiger partial charge in [0.25, 0.3) is 6.43 Å². The number of halogens is 6. The van der Waals surface area contributed by atoms with E-state index >= 15 is 8.78 Å². The predicted octanol–water partition coefficient (Wildman–Crippen LogP) is 8.00. The Bertz CT molecular complexity index is 2020. The molecule has 2 aliphatic heterocycles. The Morgan fingerprint density at radius 1 is 1.29 bits per heavy atom. The first-order chi connectivity index (χ1) is 23.1. The van der Waals surface area contributed by atoms with E-state index < -0.39 is 87.1 Å². The lowest BCUT2D eigenvalue weighted by molar-refractivity contribution is 0.0636. The number of nitrogens with one attached hydrogen (secondary N) is 2. The Hall–Kier alpha value is -4.20. The van der Waals surface area contributed by atoms with Crippen molar-refractivity contribution in [2.75, 3.05) is 36.9 Å². The molecular formula is C32H30ClF5N6O4S. The molecule has 4 heterocycles. The maximum atomic E-state index is 16.8. The summed E-state index contributed by atoms with van der Waals surface area (Å²) in [5, 5.41) is 25.0. The van der Waals surface area contributed by atoms with Crippen LogP contribution in [-0.2, 0) is 4.74 Å². The molecule has 0 saturated carbocycles. The van der Waals surface area contributed by atoms with Gasteiger partial charge >= 0.3 is 12.1 Å². The van der Waals surface area contributed by atoms with E-state index in [2.05, 4.69) is 20.6 Å². The van der Waals surface area contributed by atoms with Gasteiger partial charge in [-0.25, -0.2) is 26.7 Å². The number of carbonyl (C=O) groups is 1. The number of hydrogen-bond acceptors (Lipinski definition) is 10. The number of anilines is 2. The van der Waals surface area contributed by atoms with Gasteiger partial charge in [0.2, 0.25) is 0 Å². The molecule has 2 atom stereocenters. The van der Waals surface area contributed by atoms with Crippen LogP contribution < -0.4 is 15.4 Å². The van der Waals surface area contributed by atoms with E-state index in [1.54, 1.807) is 20.8 Å². The first-order valence-corrected chi connectivity index (χ1v) is 16.4. The number of nitriles is 1. The van der Waals surface area contributed by atoms with E-state index in [9.17, 15) is 28.3 Å².